The Morgan fingerprint density at radius 1 is 0.855 bits per heavy atom. The number of ether oxygens (including phenoxy) is 6. The fourth-order valence-corrected chi connectivity index (χ4v) is 10.0. The molecule has 8 rings (SSSR count). The normalized spacial score (nSPS) is 25.9. The van der Waals surface area contributed by atoms with Crippen molar-refractivity contribution in [2.45, 2.75) is 107 Å². The summed E-state index contributed by atoms with van der Waals surface area (Å²) in [5.41, 5.74) is 7.33. The molecular formula is C51H57N5O20. The zero-order valence-electron chi connectivity index (χ0n) is 41.2. The first-order valence-electron chi connectivity index (χ1n) is 23.8. The second kappa shape index (κ2) is 22.0. The predicted molar refractivity (Wildman–Crippen MR) is 260 cm³/mol. The van der Waals surface area contributed by atoms with Crippen molar-refractivity contribution in [3.63, 3.8) is 0 Å². The Morgan fingerprint density at radius 3 is 2.20 bits per heavy atom. The monoisotopic (exact) mass is 1060 g/mol. The molecule has 0 unspecified atom stereocenters. The molecule has 2 fully saturated rings. The molecule has 2 saturated heterocycles. The van der Waals surface area contributed by atoms with E-state index in [0.717, 1.165) is 17.0 Å². The number of carboxylic acids is 1. The highest BCUT2D eigenvalue weighted by atomic mass is 16.7. The Hall–Kier alpha value is -7.46. The SMILES string of the molecule is COc1cc(O)c2c(c1)C(=O)c1c(cc3c(c1O)-c1c(cc(C)c(C(=O)N[C@H](CCCN=C(N)N)C(=O)O)c1O)[C@H](O[C@@H]1O[C@H](C)[C@H](N(C)C(=O)OCc4ccccc4)[C@H](O[C@@H]4OC[C@@H](O)[C@H](O)[C@H]4O)[C@H]1O)[C@H]3O)C2=O. The second-order valence-corrected chi connectivity index (χ2v) is 18.7. The number of aliphatic hydroxyl groups excluding tert-OH is 5. The van der Waals surface area contributed by atoms with Crippen molar-refractivity contribution in [2.24, 2.45) is 16.5 Å². The first-order valence-corrected chi connectivity index (χ1v) is 23.8. The van der Waals surface area contributed by atoms with E-state index >= 15 is 0 Å². The maximum Gasteiger partial charge on any atom is 0.410 e. The number of nitrogens with one attached hydrogen (secondary N) is 1. The molecule has 2 aliphatic heterocycles. The number of nitrogens with zero attached hydrogens (tertiary/aromatic N) is 2. The van der Waals surface area contributed by atoms with Gasteiger partial charge in [-0.3, -0.25) is 19.4 Å². The van der Waals surface area contributed by atoms with E-state index in [4.69, 9.17) is 39.9 Å². The summed E-state index contributed by atoms with van der Waals surface area (Å²) >= 11 is 0. The van der Waals surface area contributed by atoms with Crippen LogP contribution < -0.4 is 21.5 Å². The highest BCUT2D eigenvalue weighted by Gasteiger charge is 2.53. The lowest BCUT2D eigenvalue weighted by Crippen LogP contribution is -2.66. The number of nitrogens with two attached hydrogens (primary N) is 2. The summed E-state index contributed by atoms with van der Waals surface area (Å²) in [5.74, 6) is -7.35. The summed E-state index contributed by atoms with van der Waals surface area (Å²) in [7, 11) is 2.56. The van der Waals surface area contributed by atoms with E-state index in [0.29, 0.717) is 5.56 Å². The van der Waals surface area contributed by atoms with Crippen LogP contribution in [0.5, 0.6) is 23.0 Å². The number of aromatic hydroxyl groups is 3. The van der Waals surface area contributed by atoms with Crippen molar-refractivity contribution in [3.8, 4) is 34.1 Å². The molecule has 4 aromatic carbocycles. The van der Waals surface area contributed by atoms with Gasteiger partial charge in [-0.1, -0.05) is 36.4 Å². The number of aryl methyl sites for hydroxylation is 1. The van der Waals surface area contributed by atoms with Gasteiger partial charge in [0.2, 0.25) is 0 Å². The van der Waals surface area contributed by atoms with Crippen LogP contribution >= 0.6 is 0 Å². The van der Waals surface area contributed by atoms with Crippen LogP contribution in [-0.2, 0) is 35.1 Å². The molecule has 2 heterocycles. The highest BCUT2D eigenvalue weighted by Crippen LogP contribution is 2.57. The number of phenolic OH excluding ortho intramolecular Hbond substituents is 3. The number of ketones is 2. The van der Waals surface area contributed by atoms with E-state index in [1.165, 1.54) is 40.1 Å². The lowest BCUT2D eigenvalue weighted by atomic mass is 9.74. The Bertz CT molecular complexity index is 2970. The average molecular weight is 1060 g/mol. The Morgan fingerprint density at radius 2 is 1.53 bits per heavy atom. The van der Waals surface area contributed by atoms with Crippen LogP contribution in [0.3, 0.4) is 0 Å². The topological polar surface area (TPSA) is 402 Å². The summed E-state index contributed by atoms with van der Waals surface area (Å²) in [6.07, 6.45) is -18.6. The summed E-state index contributed by atoms with van der Waals surface area (Å²) in [4.78, 5) is 73.8. The van der Waals surface area contributed by atoms with Crippen LogP contribution in [0.15, 0.2) is 59.6 Å². The van der Waals surface area contributed by atoms with Gasteiger partial charge in [0.05, 0.1) is 42.6 Å². The lowest BCUT2D eigenvalue weighted by Gasteiger charge is -2.49. The standard InChI is InChI=1S/C51H57N5O20/c1-19-13-26-33(40(63)30(19)46(67)55-27(47(68)69)11-8-12-54-50(52)53)32-24(16-25-34(41(32)64)37(60)23-14-22(71-4)15-28(57)31(23)36(25)59)38(61)44(26)75-49-43(66)45(76-48-42(65)39(62)29(58)18-72-48)35(20(2)74-49)56(3)51(70)73-17-21-9-6-5-7-10-21/h5-7,9-10,13-16,20,27,29,35,38-39,42-45,48-49,57-58,61-66H,8,11-12,17-18H2,1-4H3,(H,55,67)(H,68,69)(H4,52,53,54)/t20-,27-,29-,35+,38+,39+,42-,43-,44+,45+,48+,49+/m1/s1. The van der Waals surface area contributed by atoms with Gasteiger partial charge < -0.3 is 96.1 Å². The smallest absolute Gasteiger partial charge is 0.410 e. The van der Waals surface area contributed by atoms with Crippen LogP contribution in [0.25, 0.3) is 11.1 Å². The average Bonchev–Trinajstić information content (AvgIpc) is 3.51. The number of carboxylic acid groups (broad SMARTS) is 1. The van der Waals surface area contributed by atoms with Crippen LogP contribution in [-0.4, -0.2) is 175 Å². The van der Waals surface area contributed by atoms with Gasteiger partial charge in [-0.05, 0) is 61.1 Å². The zero-order valence-corrected chi connectivity index (χ0v) is 41.2. The van der Waals surface area contributed by atoms with Crippen LogP contribution in [0.4, 0.5) is 4.79 Å². The number of likely N-dealkylation sites (N-methyl/N-ethyl adjacent to an activating group) is 1. The summed E-state index contributed by atoms with van der Waals surface area (Å²) in [5, 5.41) is 105. The first-order chi connectivity index (χ1) is 36.0. The van der Waals surface area contributed by atoms with E-state index < -0.39 is 166 Å². The number of aliphatic imine (C=N–C) groups is 1. The summed E-state index contributed by atoms with van der Waals surface area (Å²) in [6, 6.07) is 10.4. The maximum absolute atomic E-state index is 14.3. The van der Waals surface area contributed by atoms with Gasteiger partial charge in [-0.15, -0.1) is 0 Å². The summed E-state index contributed by atoms with van der Waals surface area (Å²) in [6.45, 7) is 2.14. The molecule has 76 heavy (non-hydrogen) atoms. The van der Waals surface area contributed by atoms with Gasteiger partial charge in [-0.2, -0.15) is 0 Å². The maximum atomic E-state index is 14.3. The number of hydrogen-bond donors (Lipinski definition) is 12. The molecule has 2 aliphatic carbocycles. The minimum Gasteiger partial charge on any atom is -0.507 e. The number of carbonyl (C=O) groups excluding carboxylic acids is 4. The quantitative estimate of drug-likeness (QED) is 0.0385. The molecule has 0 radical (unpaired) electrons. The molecule has 25 nitrogen and oxygen atoms in total. The lowest BCUT2D eigenvalue weighted by molar-refractivity contribution is -0.344. The number of fused-ring (bicyclic) bond motifs is 5. The van der Waals surface area contributed by atoms with Crippen molar-refractivity contribution in [1.29, 1.82) is 0 Å². The van der Waals surface area contributed by atoms with Crippen molar-refractivity contribution >= 4 is 35.5 Å². The molecule has 12 atom stereocenters. The number of guanidine groups is 1. The highest BCUT2D eigenvalue weighted by molar-refractivity contribution is 6.31. The zero-order chi connectivity index (χ0) is 55.2. The second-order valence-electron chi connectivity index (χ2n) is 18.7. The van der Waals surface area contributed by atoms with Gasteiger partial charge in [0.25, 0.3) is 5.91 Å². The van der Waals surface area contributed by atoms with Crippen molar-refractivity contribution in [3.05, 3.63) is 105 Å². The number of hydrogen-bond acceptors (Lipinski definition) is 20. The fourth-order valence-electron chi connectivity index (χ4n) is 10.0. The van der Waals surface area contributed by atoms with E-state index in [1.54, 1.807) is 30.3 Å². The molecular weight excluding hydrogens is 1000 g/mol. The van der Waals surface area contributed by atoms with Crippen LogP contribution in [0.2, 0.25) is 0 Å². The number of aliphatic carboxylic acids is 1. The van der Waals surface area contributed by atoms with Crippen molar-refractivity contribution < 1.29 is 98.4 Å². The number of phenols is 3. The third kappa shape index (κ3) is 10.2. The third-order valence-corrected chi connectivity index (χ3v) is 13.8. The number of aliphatic hydroxyl groups is 5. The third-order valence-electron chi connectivity index (χ3n) is 13.8. The number of rotatable bonds is 15. The van der Waals surface area contributed by atoms with Gasteiger partial charge in [0.1, 0.15) is 78.4 Å². The minimum absolute atomic E-state index is 0.0145. The van der Waals surface area contributed by atoms with Gasteiger partial charge in [-0.25, -0.2) is 9.59 Å². The Balaban J connectivity index is 1.22. The van der Waals surface area contributed by atoms with Crippen LogP contribution in [0, 0.1) is 6.92 Å². The molecule has 0 bridgehead atoms. The summed E-state index contributed by atoms with van der Waals surface area (Å²) < 4.78 is 35.1. The van der Waals surface area contributed by atoms with Gasteiger partial charge in [0.15, 0.2) is 30.1 Å². The van der Waals surface area contributed by atoms with E-state index in [2.05, 4.69) is 10.3 Å². The molecule has 14 N–H and O–H groups in total. The Labute approximate surface area is 432 Å². The molecule has 4 aliphatic rings. The molecule has 0 aromatic heterocycles. The van der Waals surface area contributed by atoms with Gasteiger partial charge in [0, 0.05) is 41.9 Å². The Kier molecular flexibility index (Phi) is 15.9. The number of carbonyl (C=O) groups is 5. The first kappa shape index (κ1) is 54.8. The van der Waals surface area contributed by atoms with E-state index in [1.807, 2.05) is 0 Å². The van der Waals surface area contributed by atoms with E-state index in [9.17, 15) is 69.9 Å². The number of amides is 2. The molecule has 4 aromatic rings. The van der Waals surface area contributed by atoms with Gasteiger partial charge >= 0.3 is 12.1 Å². The molecule has 0 spiro atoms. The van der Waals surface area contributed by atoms with Crippen LogP contribution in [0.1, 0.15) is 96.4 Å². The molecule has 25 heteroatoms. The minimum atomic E-state index is -2.03. The van der Waals surface area contributed by atoms with E-state index in [-0.39, 0.29) is 54.4 Å². The predicted octanol–water partition coefficient (Wildman–Crippen LogP) is 0.471. The fraction of sp³-hybridized carbons (Fsp3) is 0.412. The number of methoxy groups -OCH3 is 1. The number of benzene rings is 4. The largest absolute Gasteiger partial charge is 0.507 e. The molecule has 0 saturated carbocycles. The van der Waals surface area contributed by atoms with Crippen molar-refractivity contribution in [2.75, 3.05) is 27.3 Å². The molecule has 2 amide bonds. The van der Waals surface area contributed by atoms with Crippen molar-refractivity contribution in [1.82, 2.24) is 10.2 Å². The molecule has 406 valence electrons.